The maximum atomic E-state index is 11.2. The Kier molecular flexibility index (Phi) is 5.07. The Morgan fingerprint density at radius 3 is 2.36 bits per heavy atom. The highest BCUT2D eigenvalue weighted by molar-refractivity contribution is 6.38. The molecule has 5 heteroatoms. The van der Waals surface area contributed by atoms with E-state index < -0.39 is 0 Å². The van der Waals surface area contributed by atoms with Gasteiger partial charge in [0.2, 0.25) is 5.88 Å². The van der Waals surface area contributed by atoms with Crippen LogP contribution >= 0.6 is 23.2 Å². The van der Waals surface area contributed by atoms with Crippen LogP contribution in [0.15, 0.2) is 48.5 Å². The van der Waals surface area contributed by atoms with Crippen LogP contribution in [0, 0.1) is 6.92 Å². The van der Waals surface area contributed by atoms with Crippen molar-refractivity contribution in [3.8, 4) is 28.3 Å². The fourth-order valence-corrected chi connectivity index (χ4v) is 3.27. The van der Waals surface area contributed by atoms with Crippen molar-refractivity contribution in [3.63, 3.8) is 0 Å². The molecule has 25 heavy (non-hydrogen) atoms. The number of aryl methyl sites for hydroxylation is 1. The van der Waals surface area contributed by atoms with Crippen molar-refractivity contribution < 1.29 is 9.53 Å². The second kappa shape index (κ2) is 7.26. The zero-order valence-electron chi connectivity index (χ0n) is 13.7. The molecule has 3 aromatic rings. The summed E-state index contributed by atoms with van der Waals surface area (Å²) in [4.78, 5) is 15.7. The van der Waals surface area contributed by atoms with Gasteiger partial charge in [0.15, 0.2) is 6.29 Å². The second-order valence-electron chi connectivity index (χ2n) is 5.51. The van der Waals surface area contributed by atoms with E-state index in [9.17, 15) is 4.79 Å². The van der Waals surface area contributed by atoms with Crippen LogP contribution in [0.1, 0.15) is 15.9 Å². The van der Waals surface area contributed by atoms with Gasteiger partial charge in [-0.15, -0.1) is 0 Å². The number of hydrogen-bond acceptors (Lipinski definition) is 3. The number of carbonyl (C=O) groups is 1. The number of hydrogen-bond donors (Lipinski definition) is 0. The van der Waals surface area contributed by atoms with Gasteiger partial charge < -0.3 is 4.74 Å². The van der Waals surface area contributed by atoms with Crippen LogP contribution in [-0.4, -0.2) is 18.4 Å². The van der Waals surface area contributed by atoms with E-state index in [0.29, 0.717) is 21.3 Å². The smallest absolute Gasteiger partial charge is 0.224 e. The molecule has 0 N–H and O–H groups in total. The van der Waals surface area contributed by atoms with Crippen molar-refractivity contribution in [2.75, 3.05) is 7.11 Å². The van der Waals surface area contributed by atoms with Gasteiger partial charge in [-0.3, -0.25) is 4.79 Å². The van der Waals surface area contributed by atoms with Crippen LogP contribution in [0.3, 0.4) is 0 Å². The van der Waals surface area contributed by atoms with E-state index in [1.807, 2.05) is 55.5 Å². The molecule has 0 fully saturated rings. The largest absolute Gasteiger partial charge is 0.480 e. The Balaban J connectivity index is 2.20. The molecule has 0 saturated carbocycles. The van der Waals surface area contributed by atoms with Crippen molar-refractivity contribution >= 4 is 29.5 Å². The number of halogens is 2. The lowest BCUT2D eigenvalue weighted by atomic mass is 10.00. The topological polar surface area (TPSA) is 39.2 Å². The first-order valence-corrected chi connectivity index (χ1v) is 8.37. The SMILES string of the molecule is COc1nc(-c2cccc(-c3ccccc3Cl)c2Cl)cc(C)c1C=O. The summed E-state index contributed by atoms with van der Waals surface area (Å²) in [5, 5.41) is 1.17. The molecule has 0 aliphatic heterocycles. The van der Waals surface area contributed by atoms with Crippen molar-refractivity contribution in [2.45, 2.75) is 6.92 Å². The quantitative estimate of drug-likeness (QED) is 0.539. The highest BCUT2D eigenvalue weighted by Gasteiger charge is 2.16. The van der Waals surface area contributed by atoms with E-state index in [0.717, 1.165) is 28.5 Å². The van der Waals surface area contributed by atoms with Crippen LogP contribution in [0.5, 0.6) is 5.88 Å². The molecule has 1 heterocycles. The summed E-state index contributed by atoms with van der Waals surface area (Å²) in [7, 11) is 1.49. The molecule has 0 unspecified atom stereocenters. The fraction of sp³-hybridized carbons (Fsp3) is 0.100. The summed E-state index contributed by atoms with van der Waals surface area (Å²) < 4.78 is 5.25. The summed E-state index contributed by atoms with van der Waals surface area (Å²) in [6.07, 6.45) is 0.743. The first kappa shape index (κ1) is 17.5. The van der Waals surface area contributed by atoms with Crippen molar-refractivity contribution in [3.05, 3.63) is 69.7 Å². The van der Waals surface area contributed by atoms with Gasteiger partial charge in [0.05, 0.1) is 23.4 Å². The number of rotatable bonds is 4. The van der Waals surface area contributed by atoms with Crippen molar-refractivity contribution in [2.24, 2.45) is 0 Å². The molecular formula is C20H15Cl2NO2. The van der Waals surface area contributed by atoms with Crippen molar-refractivity contribution in [1.29, 1.82) is 0 Å². The Hall–Kier alpha value is -2.36. The Labute approximate surface area is 156 Å². The molecule has 0 atom stereocenters. The van der Waals surface area contributed by atoms with Gasteiger partial charge >= 0.3 is 0 Å². The Morgan fingerprint density at radius 2 is 1.68 bits per heavy atom. The number of benzene rings is 2. The van der Waals surface area contributed by atoms with E-state index in [-0.39, 0.29) is 5.88 Å². The summed E-state index contributed by atoms with van der Waals surface area (Å²) in [6, 6.07) is 15.0. The average molecular weight is 372 g/mol. The molecule has 0 spiro atoms. The number of carbonyl (C=O) groups excluding carboxylic acids is 1. The zero-order chi connectivity index (χ0) is 18.0. The number of aldehydes is 1. The minimum atomic E-state index is 0.282. The molecule has 0 saturated heterocycles. The molecule has 0 radical (unpaired) electrons. The number of aromatic nitrogens is 1. The van der Waals surface area contributed by atoms with Crippen LogP contribution in [0.2, 0.25) is 10.0 Å². The van der Waals surface area contributed by atoms with Gasteiger partial charge in [-0.2, -0.15) is 0 Å². The minimum Gasteiger partial charge on any atom is -0.480 e. The monoisotopic (exact) mass is 371 g/mol. The maximum Gasteiger partial charge on any atom is 0.224 e. The molecule has 0 amide bonds. The molecule has 0 aliphatic carbocycles. The third-order valence-corrected chi connectivity index (χ3v) is 4.72. The predicted octanol–water partition coefficient (Wildman–Crippen LogP) is 5.85. The lowest BCUT2D eigenvalue weighted by Crippen LogP contribution is -1.99. The average Bonchev–Trinajstić information content (AvgIpc) is 2.62. The lowest BCUT2D eigenvalue weighted by Gasteiger charge is -2.13. The van der Waals surface area contributed by atoms with Crippen molar-refractivity contribution in [1.82, 2.24) is 4.98 Å². The fourth-order valence-electron chi connectivity index (χ4n) is 2.71. The van der Waals surface area contributed by atoms with Gasteiger partial charge in [-0.25, -0.2) is 4.98 Å². The van der Waals surface area contributed by atoms with E-state index >= 15 is 0 Å². The number of methoxy groups -OCH3 is 1. The highest BCUT2D eigenvalue weighted by atomic mass is 35.5. The zero-order valence-corrected chi connectivity index (χ0v) is 15.2. The van der Waals surface area contributed by atoms with Gasteiger partial charge in [-0.05, 0) is 24.6 Å². The van der Waals surface area contributed by atoms with Gasteiger partial charge in [0.1, 0.15) is 0 Å². The van der Waals surface area contributed by atoms with E-state index in [2.05, 4.69) is 4.98 Å². The number of pyridine rings is 1. The number of ether oxygens (including phenoxy) is 1. The van der Waals surface area contributed by atoms with Crippen LogP contribution < -0.4 is 4.74 Å². The molecule has 0 aliphatic rings. The summed E-state index contributed by atoms with van der Waals surface area (Å²) in [5.41, 5.74) is 4.27. The van der Waals surface area contributed by atoms with E-state index in [1.54, 1.807) is 0 Å². The molecule has 1 aromatic heterocycles. The maximum absolute atomic E-state index is 11.2. The molecule has 3 nitrogen and oxygen atoms in total. The first-order valence-electron chi connectivity index (χ1n) is 7.61. The van der Waals surface area contributed by atoms with Gasteiger partial charge in [0, 0.05) is 21.7 Å². The number of nitrogens with zero attached hydrogens (tertiary/aromatic N) is 1. The van der Waals surface area contributed by atoms with E-state index in [1.165, 1.54) is 7.11 Å². The van der Waals surface area contributed by atoms with Crippen LogP contribution in [0.25, 0.3) is 22.4 Å². The third-order valence-electron chi connectivity index (χ3n) is 3.98. The second-order valence-corrected chi connectivity index (χ2v) is 6.30. The lowest BCUT2D eigenvalue weighted by molar-refractivity contribution is 0.111. The normalized spacial score (nSPS) is 10.6. The summed E-state index contributed by atoms with van der Waals surface area (Å²) >= 11 is 13.0. The molecule has 0 bridgehead atoms. The van der Waals surface area contributed by atoms with Crippen LogP contribution in [-0.2, 0) is 0 Å². The standard InChI is InChI=1S/C20H15Cl2NO2/c1-12-10-18(23-20(25-2)16(12)11-24)15-8-5-7-14(19(15)22)13-6-3-4-9-17(13)21/h3-11H,1-2H3. The van der Waals surface area contributed by atoms with Gasteiger partial charge in [-0.1, -0.05) is 59.6 Å². The minimum absolute atomic E-state index is 0.282. The third kappa shape index (κ3) is 3.26. The Morgan fingerprint density at radius 1 is 1.00 bits per heavy atom. The molecule has 3 rings (SSSR count). The molecular weight excluding hydrogens is 357 g/mol. The highest BCUT2D eigenvalue weighted by Crippen LogP contribution is 2.39. The predicted molar refractivity (Wildman–Crippen MR) is 102 cm³/mol. The first-order chi connectivity index (χ1) is 12.1. The molecule has 126 valence electrons. The van der Waals surface area contributed by atoms with E-state index in [4.69, 9.17) is 27.9 Å². The van der Waals surface area contributed by atoms with Gasteiger partial charge in [0.25, 0.3) is 0 Å². The molecule has 2 aromatic carbocycles. The summed E-state index contributed by atoms with van der Waals surface area (Å²) in [6.45, 7) is 1.84. The Bertz CT molecular complexity index is 954. The summed E-state index contributed by atoms with van der Waals surface area (Å²) in [5.74, 6) is 0.282. The van der Waals surface area contributed by atoms with Crippen LogP contribution in [0.4, 0.5) is 0 Å².